The summed E-state index contributed by atoms with van der Waals surface area (Å²) >= 11 is 0. The topological polar surface area (TPSA) is 8.17 Å². The highest BCUT2D eigenvalue weighted by Gasteiger charge is 2.20. The van der Waals surface area contributed by atoms with Gasteiger partial charge in [-0.3, -0.25) is 4.90 Å². The normalized spacial score (nSPS) is 12.7. The average molecular weight is 397 g/mol. The van der Waals surface area contributed by atoms with Crippen molar-refractivity contribution in [3.05, 3.63) is 94.8 Å². The van der Waals surface area contributed by atoms with Gasteiger partial charge in [-0.25, -0.2) is 8.78 Å². The molecule has 4 heteroatoms. The minimum Gasteiger partial charge on any atom is -0.346 e. The fraction of sp³-hybridized carbons (Fsp3) is 0.360. The van der Waals surface area contributed by atoms with E-state index in [1.54, 1.807) is 0 Å². The quantitative estimate of drug-likeness (QED) is 0.442. The van der Waals surface area contributed by atoms with Crippen LogP contribution in [0.3, 0.4) is 0 Å². The fourth-order valence-electron chi connectivity index (χ4n) is 3.66. The lowest BCUT2D eigenvalue weighted by molar-refractivity contribution is 0.148. The molecule has 0 saturated carbocycles. The SMILES string of the molecule is Cc1cccc(Cn2cccc2CN(Cc2cc(F)cc(F)c2)C(C)C(C)C)c1. The van der Waals surface area contributed by atoms with E-state index in [1.165, 1.54) is 29.0 Å². The first-order chi connectivity index (χ1) is 13.8. The summed E-state index contributed by atoms with van der Waals surface area (Å²) in [5.74, 6) is -0.631. The Kier molecular flexibility index (Phi) is 6.86. The third-order valence-corrected chi connectivity index (χ3v) is 5.57. The van der Waals surface area contributed by atoms with Gasteiger partial charge in [0.1, 0.15) is 11.6 Å². The molecule has 1 atom stereocenters. The smallest absolute Gasteiger partial charge is 0.126 e. The number of benzene rings is 2. The van der Waals surface area contributed by atoms with Crippen LogP contribution in [0.1, 0.15) is 43.2 Å². The van der Waals surface area contributed by atoms with E-state index in [4.69, 9.17) is 0 Å². The molecule has 2 nitrogen and oxygen atoms in total. The molecule has 0 bridgehead atoms. The average Bonchev–Trinajstić information content (AvgIpc) is 3.06. The minimum atomic E-state index is -0.528. The van der Waals surface area contributed by atoms with Crippen molar-refractivity contribution in [1.82, 2.24) is 9.47 Å². The molecule has 0 saturated heterocycles. The Morgan fingerprint density at radius 2 is 1.59 bits per heavy atom. The Balaban J connectivity index is 1.82. The number of hydrogen-bond acceptors (Lipinski definition) is 1. The maximum atomic E-state index is 13.7. The molecule has 29 heavy (non-hydrogen) atoms. The number of aromatic nitrogens is 1. The van der Waals surface area contributed by atoms with Gasteiger partial charge in [0.15, 0.2) is 0 Å². The second-order valence-corrected chi connectivity index (χ2v) is 8.28. The molecule has 0 aliphatic rings. The van der Waals surface area contributed by atoms with Crippen LogP contribution < -0.4 is 0 Å². The highest BCUT2D eigenvalue weighted by molar-refractivity contribution is 5.24. The van der Waals surface area contributed by atoms with Gasteiger partial charge < -0.3 is 4.57 Å². The summed E-state index contributed by atoms with van der Waals surface area (Å²) < 4.78 is 29.6. The zero-order valence-electron chi connectivity index (χ0n) is 17.7. The van der Waals surface area contributed by atoms with Crippen molar-refractivity contribution in [3.8, 4) is 0 Å². The molecule has 1 unspecified atom stereocenters. The summed E-state index contributed by atoms with van der Waals surface area (Å²) in [6.07, 6.45) is 2.09. The molecule has 0 radical (unpaired) electrons. The van der Waals surface area contributed by atoms with Gasteiger partial charge in [0, 0.05) is 43.6 Å². The maximum Gasteiger partial charge on any atom is 0.126 e. The number of nitrogens with zero attached hydrogens (tertiary/aromatic N) is 2. The van der Waals surface area contributed by atoms with Gasteiger partial charge >= 0.3 is 0 Å². The van der Waals surface area contributed by atoms with E-state index in [-0.39, 0.29) is 6.04 Å². The Labute approximate surface area is 172 Å². The van der Waals surface area contributed by atoms with Gasteiger partial charge in [0.25, 0.3) is 0 Å². The first kappa shape index (κ1) is 21.3. The van der Waals surface area contributed by atoms with Gasteiger partial charge in [-0.1, -0.05) is 43.7 Å². The van der Waals surface area contributed by atoms with E-state index in [0.29, 0.717) is 18.0 Å². The molecular formula is C25H30F2N2. The first-order valence-corrected chi connectivity index (χ1v) is 10.2. The third kappa shape index (κ3) is 5.77. The van der Waals surface area contributed by atoms with Crippen LogP contribution in [0.25, 0.3) is 0 Å². The van der Waals surface area contributed by atoms with Crippen molar-refractivity contribution in [2.45, 2.75) is 53.4 Å². The molecule has 154 valence electrons. The lowest BCUT2D eigenvalue weighted by Crippen LogP contribution is -2.36. The van der Waals surface area contributed by atoms with Crippen LogP contribution in [0, 0.1) is 24.5 Å². The molecule has 0 spiro atoms. The van der Waals surface area contributed by atoms with Crippen molar-refractivity contribution in [3.63, 3.8) is 0 Å². The van der Waals surface area contributed by atoms with Crippen LogP contribution in [0.4, 0.5) is 8.78 Å². The molecule has 0 amide bonds. The van der Waals surface area contributed by atoms with Crippen LogP contribution in [0.5, 0.6) is 0 Å². The summed E-state index contributed by atoms with van der Waals surface area (Å²) in [6.45, 7) is 10.7. The lowest BCUT2D eigenvalue weighted by atomic mass is 10.0. The molecule has 0 fully saturated rings. The molecule has 1 aromatic heterocycles. The van der Waals surface area contributed by atoms with Gasteiger partial charge in [-0.15, -0.1) is 0 Å². The number of rotatable bonds is 8. The summed E-state index contributed by atoms with van der Waals surface area (Å²) in [6, 6.07) is 16.8. The van der Waals surface area contributed by atoms with Gasteiger partial charge in [0.05, 0.1) is 0 Å². The largest absolute Gasteiger partial charge is 0.346 e. The molecule has 3 rings (SSSR count). The summed E-state index contributed by atoms with van der Waals surface area (Å²) in [7, 11) is 0. The van der Waals surface area contributed by atoms with E-state index < -0.39 is 11.6 Å². The van der Waals surface area contributed by atoms with Gasteiger partial charge in [-0.05, 0) is 55.2 Å². The van der Waals surface area contributed by atoms with Crippen molar-refractivity contribution in [2.75, 3.05) is 0 Å². The molecule has 0 aliphatic heterocycles. The highest BCUT2D eigenvalue weighted by atomic mass is 19.1. The molecule has 3 aromatic rings. The van der Waals surface area contributed by atoms with Crippen molar-refractivity contribution in [1.29, 1.82) is 0 Å². The van der Waals surface area contributed by atoms with E-state index in [1.807, 2.05) is 0 Å². The molecule has 0 aliphatic carbocycles. The zero-order chi connectivity index (χ0) is 21.0. The number of halogens is 2. The van der Waals surface area contributed by atoms with Crippen LogP contribution in [0.2, 0.25) is 0 Å². The van der Waals surface area contributed by atoms with Crippen molar-refractivity contribution < 1.29 is 8.78 Å². The Morgan fingerprint density at radius 3 is 2.24 bits per heavy atom. The zero-order valence-corrected chi connectivity index (χ0v) is 17.7. The first-order valence-electron chi connectivity index (χ1n) is 10.2. The highest BCUT2D eigenvalue weighted by Crippen LogP contribution is 2.20. The van der Waals surface area contributed by atoms with Crippen LogP contribution >= 0.6 is 0 Å². The standard InChI is InChI=1S/C25H30F2N2/c1-18(2)20(4)29(16-22-12-23(26)14-24(27)13-22)17-25-9-6-10-28(25)15-21-8-5-7-19(3)11-21/h5-14,18,20H,15-17H2,1-4H3. The molecule has 1 heterocycles. The van der Waals surface area contributed by atoms with E-state index in [2.05, 4.69) is 79.8 Å². The second-order valence-electron chi connectivity index (χ2n) is 8.28. The van der Waals surface area contributed by atoms with E-state index in [0.717, 1.165) is 19.2 Å². The van der Waals surface area contributed by atoms with Crippen LogP contribution in [-0.4, -0.2) is 15.5 Å². The summed E-state index contributed by atoms with van der Waals surface area (Å²) in [4.78, 5) is 2.29. The molecule has 0 N–H and O–H groups in total. The van der Waals surface area contributed by atoms with Crippen molar-refractivity contribution >= 4 is 0 Å². The molecular weight excluding hydrogens is 366 g/mol. The van der Waals surface area contributed by atoms with Gasteiger partial charge in [-0.2, -0.15) is 0 Å². The predicted molar refractivity (Wildman–Crippen MR) is 115 cm³/mol. The van der Waals surface area contributed by atoms with E-state index in [9.17, 15) is 8.78 Å². The lowest BCUT2D eigenvalue weighted by Gasteiger charge is -2.32. The third-order valence-electron chi connectivity index (χ3n) is 5.57. The Hall–Kier alpha value is -2.46. The van der Waals surface area contributed by atoms with Crippen molar-refractivity contribution in [2.24, 2.45) is 5.92 Å². The number of aryl methyl sites for hydroxylation is 1. The predicted octanol–water partition coefficient (Wildman–Crippen LogP) is 6.17. The summed E-state index contributed by atoms with van der Waals surface area (Å²) in [5, 5.41) is 0. The Bertz CT molecular complexity index is 925. The maximum absolute atomic E-state index is 13.7. The Morgan fingerprint density at radius 1 is 0.862 bits per heavy atom. The van der Waals surface area contributed by atoms with Gasteiger partial charge in [0.2, 0.25) is 0 Å². The minimum absolute atomic E-state index is 0.267. The van der Waals surface area contributed by atoms with Crippen LogP contribution in [-0.2, 0) is 19.6 Å². The summed E-state index contributed by atoms with van der Waals surface area (Å²) in [5.41, 5.74) is 4.36. The monoisotopic (exact) mass is 396 g/mol. The fourth-order valence-corrected chi connectivity index (χ4v) is 3.66. The molecule has 2 aromatic carbocycles. The second kappa shape index (κ2) is 9.36. The van der Waals surface area contributed by atoms with Crippen LogP contribution in [0.15, 0.2) is 60.8 Å². The van der Waals surface area contributed by atoms with E-state index >= 15 is 0 Å². The number of hydrogen-bond donors (Lipinski definition) is 0.